The van der Waals surface area contributed by atoms with Gasteiger partial charge in [-0.25, -0.2) is 9.97 Å². The van der Waals surface area contributed by atoms with Crippen LogP contribution in [-0.4, -0.2) is 64.2 Å². The molecule has 6 heteroatoms. The summed E-state index contributed by atoms with van der Waals surface area (Å²) in [6.45, 7) is 3.43. The lowest BCUT2D eigenvalue weighted by molar-refractivity contribution is 0.00257. The third-order valence-corrected chi connectivity index (χ3v) is 4.47. The van der Waals surface area contributed by atoms with Crippen molar-refractivity contribution in [3.05, 3.63) is 36.4 Å². The third kappa shape index (κ3) is 4.41. The number of hydrogen-bond donors (Lipinski definition) is 1. The van der Waals surface area contributed by atoms with Crippen LogP contribution < -0.4 is 0 Å². The van der Waals surface area contributed by atoms with E-state index in [0.717, 1.165) is 51.0 Å². The Morgan fingerprint density at radius 3 is 2.71 bits per heavy atom. The van der Waals surface area contributed by atoms with Crippen LogP contribution in [0.1, 0.15) is 24.8 Å². The molecule has 0 spiro atoms. The van der Waals surface area contributed by atoms with Crippen molar-refractivity contribution in [1.29, 1.82) is 0 Å². The zero-order chi connectivity index (χ0) is 17.0. The summed E-state index contributed by atoms with van der Waals surface area (Å²) < 4.78 is 5.31. The number of aliphatic hydroxyl groups is 1. The van der Waals surface area contributed by atoms with Crippen molar-refractivity contribution < 1.29 is 9.52 Å². The largest absolute Gasteiger partial charge is 0.461 e. The average molecular weight is 330 g/mol. The second-order valence-corrected chi connectivity index (χ2v) is 6.98. The highest BCUT2D eigenvalue weighted by Gasteiger charge is 2.30. The highest BCUT2D eigenvalue weighted by Crippen LogP contribution is 2.24. The second kappa shape index (κ2) is 7.42. The van der Waals surface area contributed by atoms with Gasteiger partial charge in [-0.05, 0) is 52.0 Å². The Hall–Kier alpha value is -1.76. The van der Waals surface area contributed by atoms with Gasteiger partial charge in [0.2, 0.25) is 0 Å². The van der Waals surface area contributed by atoms with Crippen LogP contribution in [0.15, 0.2) is 35.2 Å². The summed E-state index contributed by atoms with van der Waals surface area (Å²) in [4.78, 5) is 13.2. The molecular weight excluding hydrogens is 304 g/mol. The van der Waals surface area contributed by atoms with Crippen LogP contribution in [-0.2, 0) is 6.54 Å². The summed E-state index contributed by atoms with van der Waals surface area (Å²) >= 11 is 0. The molecule has 1 fully saturated rings. The quantitative estimate of drug-likeness (QED) is 0.905. The first-order chi connectivity index (χ1) is 11.5. The number of likely N-dealkylation sites (tertiary alicyclic amines) is 1. The number of nitrogens with zero attached hydrogens (tertiary/aromatic N) is 4. The van der Waals surface area contributed by atoms with Gasteiger partial charge in [-0.3, -0.25) is 4.90 Å². The fraction of sp³-hybridized carbons (Fsp3) is 0.556. The molecule has 1 N–H and O–H groups in total. The highest BCUT2D eigenvalue weighted by atomic mass is 16.3. The van der Waals surface area contributed by atoms with Crippen molar-refractivity contribution in [3.63, 3.8) is 0 Å². The molecule has 0 amide bonds. The Bertz CT molecular complexity index is 627. The second-order valence-electron chi connectivity index (χ2n) is 6.98. The van der Waals surface area contributed by atoms with Crippen molar-refractivity contribution in [2.45, 2.75) is 31.4 Å². The Morgan fingerprint density at radius 1 is 1.25 bits per heavy atom. The van der Waals surface area contributed by atoms with Gasteiger partial charge in [0.1, 0.15) is 0 Å². The smallest absolute Gasteiger partial charge is 0.195 e. The van der Waals surface area contributed by atoms with E-state index in [1.165, 1.54) is 0 Å². The molecule has 0 radical (unpaired) electrons. The van der Waals surface area contributed by atoms with E-state index in [9.17, 15) is 5.11 Å². The molecule has 1 saturated heterocycles. The van der Waals surface area contributed by atoms with Crippen LogP contribution in [0.25, 0.3) is 11.6 Å². The molecule has 1 atom stereocenters. The van der Waals surface area contributed by atoms with Crippen LogP contribution in [0.2, 0.25) is 0 Å². The predicted molar refractivity (Wildman–Crippen MR) is 92.4 cm³/mol. The van der Waals surface area contributed by atoms with E-state index in [1.807, 2.05) is 38.6 Å². The maximum atomic E-state index is 10.7. The lowest BCUT2D eigenvalue weighted by Gasteiger charge is -2.30. The van der Waals surface area contributed by atoms with Crippen LogP contribution in [0.4, 0.5) is 0 Å². The molecule has 130 valence electrons. The molecule has 1 aliphatic rings. The Kier molecular flexibility index (Phi) is 5.28. The van der Waals surface area contributed by atoms with Gasteiger partial charge in [-0.2, -0.15) is 0 Å². The number of rotatable bonds is 5. The Balaban J connectivity index is 1.58. The first-order valence-electron chi connectivity index (χ1n) is 8.48. The molecule has 0 bridgehead atoms. The molecule has 3 rings (SSSR count). The summed E-state index contributed by atoms with van der Waals surface area (Å²) in [5, 5.41) is 10.7. The Morgan fingerprint density at radius 2 is 2.04 bits per heavy atom. The third-order valence-electron chi connectivity index (χ3n) is 4.47. The zero-order valence-corrected chi connectivity index (χ0v) is 14.5. The van der Waals surface area contributed by atoms with Crippen LogP contribution in [0, 0.1) is 0 Å². The molecule has 24 heavy (non-hydrogen) atoms. The van der Waals surface area contributed by atoms with Crippen LogP contribution in [0.5, 0.6) is 0 Å². The lowest BCUT2D eigenvalue weighted by atomic mass is 9.94. The molecule has 6 nitrogen and oxygen atoms in total. The van der Waals surface area contributed by atoms with Crippen molar-refractivity contribution in [1.82, 2.24) is 19.8 Å². The average Bonchev–Trinajstić information content (AvgIpc) is 3.01. The van der Waals surface area contributed by atoms with Gasteiger partial charge in [0.15, 0.2) is 11.6 Å². The van der Waals surface area contributed by atoms with Gasteiger partial charge in [0.05, 0.1) is 11.9 Å². The minimum atomic E-state index is -0.572. The van der Waals surface area contributed by atoms with Gasteiger partial charge in [-0.1, -0.05) is 0 Å². The summed E-state index contributed by atoms with van der Waals surface area (Å²) in [5.74, 6) is 1.30. The fourth-order valence-electron chi connectivity index (χ4n) is 3.37. The van der Waals surface area contributed by atoms with Crippen LogP contribution in [0.3, 0.4) is 0 Å². The molecule has 0 unspecified atom stereocenters. The number of furan rings is 1. The number of aromatic nitrogens is 2. The molecule has 0 aromatic carbocycles. The topological polar surface area (TPSA) is 65.6 Å². The molecule has 0 aliphatic carbocycles. The van der Waals surface area contributed by atoms with E-state index < -0.39 is 5.60 Å². The SMILES string of the molecule is CN(C)C[C@@]1(O)CCCN(Cc2cnc(-c3ccco3)nc2)CC1. The predicted octanol–water partition coefficient (Wildman–Crippen LogP) is 2.02. The number of likely N-dealkylation sites (N-methyl/N-ethyl adjacent to an activating group) is 1. The molecule has 2 aromatic rings. The van der Waals surface area contributed by atoms with Crippen molar-refractivity contribution in [2.75, 3.05) is 33.7 Å². The van der Waals surface area contributed by atoms with Crippen molar-refractivity contribution >= 4 is 0 Å². The number of hydrogen-bond acceptors (Lipinski definition) is 6. The van der Waals surface area contributed by atoms with E-state index in [1.54, 1.807) is 6.26 Å². The molecule has 1 aliphatic heterocycles. The summed E-state index contributed by atoms with van der Waals surface area (Å²) in [6.07, 6.45) is 8.02. The molecule has 2 aromatic heterocycles. The normalized spacial score (nSPS) is 22.7. The van der Waals surface area contributed by atoms with Crippen molar-refractivity contribution in [3.8, 4) is 11.6 Å². The summed E-state index contributed by atoms with van der Waals surface area (Å²) in [6, 6.07) is 3.69. The standard InChI is InChI=1S/C18H26N4O2/c1-21(2)14-18(23)6-4-8-22(9-7-18)13-15-11-19-17(20-12-15)16-5-3-10-24-16/h3,5,10-12,23H,4,6-9,13-14H2,1-2H3/t18-/m1/s1. The highest BCUT2D eigenvalue weighted by molar-refractivity contribution is 5.45. The molecular formula is C18H26N4O2. The lowest BCUT2D eigenvalue weighted by Crippen LogP contribution is -2.40. The van der Waals surface area contributed by atoms with Gasteiger partial charge >= 0.3 is 0 Å². The van der Waals surface area contributed by atoms with Crippen LogP contribution >= 0.6 is 0 Å². The van der Waals surface area contributed by atoms with Crippen molar-refractivity contribution in [2.24, 2.45) is 0 Å². The van der Waals surface area contributed by atoms with E-state index in [-0.39, 0.29) is 0 Å². The van der Waals surface area contributed by atoms with E-state index in [0.29, 0.717) is 11.6 Å². The van der Waals surface area contributed by atoms with Gasteiger partial charge in [-0.15, -0.1) is 0 Å². The fourth-order valence-corrected chi connectivity index (χ4v) is 3.37. The first kappa shape index (κ1) is 17.1. The van der Waals surface area contributed by atoms with Gasteiger partial charge in [0, 0.05) is 37.6 Å². The molecule has 0 saturated carbocycles. The maximum Gasteiger partial charge on any atom is 0.195 e. The summed E-state index contributed by atoms with van der Waals surface area (Å²) in [7, 11) is 4.02. The van der Waals surface area contributed by atoms with E-state index >= 15 is 0 Å². The minimum Gasteiger partial charge on any atom is -0.461 e. The van der Waals surface area contributed by atoms with E-state index in [2.05, 4.69) is 19.8 Å². The monoisotopic (exact) mass is 330 g/mol. The van der Waals surface area contributed by atoms with Gasteiger partial charge < -0.3 is 14.4 Å². The van der Waals surface area contributed by atoms with Gasteiger partial charge in [0.25, 0.3) is 0 Å². The van der Waals surface area contributed by atoms with E-state index in [4.69, 9.17) is 4.42 Å². The molecule has 3 heterocycles. The Labute approximate surface area is 143 Å². The maximum absolute atomic E-state index is 10.7. The first-order valence-corrected chi connectivity index (χ1v) is 8.48. The minimum absolute atomic E-state index is 0.572. The summed E-state index contributed by atoms with van der Waals surface area (Å²) in [5.41, 5.74) is 0.515. The zero-order valence-electron chi connectivity index (χ0n) is 14.5.